The fourth-order valence-corrected chi connectivity index (χ4v) is 3.63. The number of benzene rings is 1. The minimum atomic E-state index is -0.460. The van der Waals surface area contributed by atoms with Crippen molar-refractivity contribution in [3.05, 3.63) is 34.3 Å². The third-order valence-corrected chi connectivity index (χ3v) is 5.16. The van der Waals surface area contributed by atoms with Gasteiger partial charge in [0.15, 0.2) is 0 Å². The first kappa shape index (κ1) is 19.0. The van der Waals surface area contributed by atoms with Gasteiger partial charge in [0.25, 0.3) is 0 Å². The molecule has 1 aromatic carbocycles. The average Bonchev–Trinajstić information content (AvgIpc) is 2.59. The van der Waals surface area contributed by atoms with Crippen LogP contribution in [0.2, 0.25) is 0 Å². The Hall–Kier alpha value is -1.36. The maximum atomic E-state index is 12.6. The summed E-state index contributed by atoms with van der Waals surface area (Å²) in [6.45, 7) is 4.11. The highest BCUT2D eigenvalue weighted by molar-refractivity contribution is 9.10. The molecule has 1 unspecified atom stereocenters. The second kappa shape index (κ2) is 9.21. The van der Waals surface area contributed by atoms with Crippen LogP contribution in [0, 0.1) is 0 Å². The third-order valence-electron chi connectivity index (χ3n) is 4.66. The minimum Gasteiger partial charge on any atom is -0.352 e. The van der Waals surface area contributed by atoms with E-state index >= 15 is 0 Å². The van der Waals surface area contributed by atoms with Crippen molar-refractivity contribution < 1.29 is 9.59 Å². The van der Waals surface area contributed by atoms with Crippen LogP contribution >= 0.6 is 15.9 Å². The SMILES string of the molecule is CCC(=O)N(Cc1cccc(Br)c1)C(C)C(=O)NC1CCCCC1. The second-order valence-electron chi connectivity index (χ2n) is 6.52. The molecule has 2 rings (SSSR count). The van der Waals surface area contributed by atoms with E-state index in [1.165, 1.54) is 19.3 Å². The first-order valence-electron chi connectivity index (χ1n) is 8.85. The van der Waals surface area contributed by atoms with E-state index < -0.39 is 6.04 Å². The van der Waals surface area contributed by atoms with Gasteiger partial charge in [-0.2, -0.15) is 0 Å². The van der Waals surface area contributed by atoms with E-state index in [-0.39, 0.29) is 17.9 Å². The molecule has 1 fully saturated rings. The van der Waals surface area contributed by atoms with Crippen LogP contribution in [0.1, 0.15) is 57.9 Å². The zero-order valence-electron chi connectivity index (χ0n) is 14.6. The summed E-state index contributed by atoms with van der Waals surface area (Å²) in [6, 6.07) is 7.67. The summed E-state index contributed by atoms with van der Waals surface area (Å²) in [4.78, 5) is 26.7. The summed E-state index contributed by atoms with van der Waals surface area (Å²) in [7, 11) is 0. The van der Waals surface area contributed by atoms with Gasteiger partial charge in [-0.3, -0.25) is 9.59 Å². The summed E-state index contributed by atoms with van der Waals surface area (Å²) in [5.41, 5.74) is 1.02. The molecule has 0 aromatic heterocycles. The predicted octanol–water partition coefficient (Wildman–Crippen LogP) is 4.03. The Morgan fingerprint density at radius 2 is 2.00 bits per heavy atom. The normalized spacial score (nSPS) is 16.5. The van der Waals surface area contributed by atoms with Gasteiger partial charge in [0, 0.05) is 23.5 Å². The van der Waals surface area contributed by atoms with Crippen molar-refractivity contribution in [3.63, 3.8) is 0 Å². The van der Waals surface area contributed by atoms with Crippen LogP contribution in [-0.2, 0) is 16.1 Å². The van der Waals surface area contributed by atoms with E-state index in [2.05, 4.69) is 21.2 Å². The quantitative estimate of drug-likeness (QED) is 0.791. The smallest absolute Gasteiger partial charge is 0.242 e. The standard InChI is InChI=1S/C19H27BrN2O2/c1-3-18(23)22(13-15-8-7-9-16(20)12-15)14(2)19(24)21-17-10-5-4-6-11-17/h7-9,12,14,17H,3-6,10-11,13H2,1-2H3,(H,21,24). The molecule has 1 saturated carbocycles. The molecule has 0 aliphatic heterocycles. The summed E-state index contributed by atoms with van der Waals surface area (Å²) in [5.74, 6) is -0.0417. The molecule has 0 heterocycles. The Kier molecular flexibility index (Phi) is 7.28. The third kappa shape index (κ3) is 5.33. The van der Waals surface area contributed by atoms with Gasteiger partial charge in [0.05, 0.1) is 0 Å². The lowest BCUT2D eigenvalue weighted by molar-refractivity contribution is -0.140. The highest BCUT2D eigenvalue weighted by Gasteiger charge is 2.27. The molecule has 0 saturated heterocycles. The topological polar surface area (TPSA) is 49.4 Å². The number of amides is 2. The second-order valence-corrected chi connectivity index (χ2v) is 7.44. The summed E-state index contributed by atoms with van der Waals surface area (Å²) in [5, 5.41) is 3.13. The molecule has 1 aliphatic carbocycles. The Balaban J connectivity index is 2.05. The number of carbonyl (C=O) groups is 2. The Morgan fingerprint density at radius 1 is 1.29 bits per heavy atom. The van der Waals surface area contributed by atoms with Gasteiger partial charge in [-0.05, 0) is 37.5 Å². The van der Waals surface area contributed by atoms with Gasteiger partial charge < -0.3 is 10.2 Å². The molecule has 24 heavy (non-hydrogen) atoms. The maximum Gasteiger partial charge on any atom is 0.242 e. The van der Waals surface area contributed by atoms with Gasteiger partial charge in [0.1, 0.15) is 6.04 Å². The number of halogens is 1. The summed E-state index contributed by atoms with van der Waals surface area (Å²) >= 11 is 3.46. The van der Waals surface area contributed by atoms with Crippen molar-refractivity contribution in [3.8, 4) is 0 Å². The summed E-state index contributed by atoms with van der Waals surface area (Å²) in [6.07, 6.45) is 6.10. The van der Waals surface area contributed by atoms with Crippen molar-refractivity contribution in [1.29, 1.82) is 0 Å². The van der Waals surface area contributed by atoms with E-state index in [9.17, 15) is 9.59 Å². The maximum absolute atomic E-state index is 12.6. The van der Waals surface area contributed by atoms with Crippen LogP contribution in [0.15, 0.2) is 28.7 Å². The van der Waals surface area contributed by atoms with Crippen molar-refractivity contribution in [2.45, 2.75) is 71.0 Å². The average molecular weight is 395 g/mol. The molecule has 1 atom stereocenters. The van der Waals surface area contributed by atoms with E-state index in [4.69, 9.17) is 0 Å². The molecule has 1 aromatic rings. The van der Waals surface area contributed by atoms with Crippen LogP contribution < -0.4 is 5.32 Å². The molecular formula is C19H27BrN2O2. The van der Waals surface area contributed by atoms with Crippen molar-refractivity contribution in [2.75, 3.05) is 0 Å². The number of hydrogen-bond acceptors (Lipinski definition) is 2. The monoisotopic (exact) mass is 394 g/mol. The van der Waals surface area contributed by atoms with E-state index in [1.807, 2.05) is 38.1 Å². The van der Waals surface area contributed by atoms with Crippen molar-refractivity contribution in [1.82, 2.24) is 10.2 Å². The van der Waals surface area contributed by atoms with Gasteiger partial charge in [-0.15, -0.1) is 0 Å². The van der Waals surface area contributed by atoms with Crippen molar-refractivity contribution in [2.24, 2.45) is 0 Å². The van der Waals surface area contributed by atoms with Gasteiger partial charge in [-0.1, -0.05) is 54.2 Å². The number of nitrogens with zero attached hydrogens (tertiary/aromatic N) is 1. The molecular weight excluding hydrogens is 368 g/mol. The molecule has 5 heteroatoms. The number of carbonyl (C=O) groups excluding carboxylic acids is 2. The number of nitrogens with one attached hydrogen (secondary N) is 1. The Bertz CT molecular complexity index is 570. The zero-order chi connectivity index (χ0) is 17.5. The predicted molar refractivity (Wildman–Crippen MR) is 99.5 cm³/mol. The lowest BCUT2D eigenvalue weighted by Gasteiger charge is -2.31. The number of rotatable bonds is 6. The van der Waals surface area contributed by atoms with Gasteiger partial charge >= 0.3 is 0 Å². The van der Waals surface area contributed by atoms with Crippen LogP contribution in [-0.4, -0.2) is 28.8 Å². The highest BCUT2D eigenvalue weighted by atomic mass is 79.9. The molecule has 4 nitrogen and oxygen atoms in total. The van der Waals surface area contributed by atoms with E-state index in [0.29, 0.717) is 13.0 Å². The Morgan fingerprint density at radius 3 is 2.62 bits per heavy atom. The van der Waals surface area contributed by atoms with Gasteiger partial charge in [-0.25, -0.2) is 0 Å². The molecule has 1 aliphatic rings. The zero-order valence-corrected chi connectivity index (χ0v) is 16.1. The van der Waals surface area contributed by atoms with E-state index in [0.717, 1.165) is 22.9 Å². The first-order chi connectivity index (χ1) is 11.5. The fourth-order valence-electron chi connectivity index (χ4n) is 3.19. The Labute approximate surface area is 153 Å². The van der Waals surface area contributed by atoms with Gasteiger partial charge in [0.2, 0.25) is 11.8 Å². The van der Waals surface area contributed by atoms with Crippen LogP contribution in [0.4, 0.5) is 0 Å². The molecule has 0 bridgehead atoms. The fraction of sp³-hybridized carbons (Fsp3) is 0.579. The molecule has 0 radical (unpaired) electrons. The molecule has 0 spiro atoms. The van der Waals surface area contributed by atoms with Crippen LogP contribution in [0.5, 0.6) is 0 Å². The summed E-state index contributed by atoms with van der Waals surface area (Å²) < 4.78 is 0.975. The molecule has 2 amide bonds. The van der Waals surface area contributed by atoms with Crippen LogP contribution in [0.25, 0.3) is 0 Å². The number of hydrogen-bond donors (Lipinski definition) is 1. The molecule has 132 valence electrons. The molecule has 1 N–H and O–H groups in total. The highest BCUT2D eigenvalue weighted by Crippen LogP contribution is 2.19. The lowest BCUT2D eigenvalue weighted by Crippen LogP contribution is -2.50. The van der Waals surface area contributed by atoms with Crippen LogP contribution in [0.3, 0.4) is 0 Å². The van der Waals surface area contributed by atoms with E-state index in [1.54, 1.807) is 4.90 Å². The van der Waals surface area contributed by atoms with Crippen molar-refractivity contribution >= 4 is 27.7 Å². The first-order valence-corrected chi connectivity index (χ1v) is 9.65. The minimum absolute atomic E-state index is 0.00118. The lowest BCUT2D eigenvalue weighted by atomic mass is 9.95. The largest absolute Gasteiger partial charge is 0.352 e.